The van der Waals surface area contributed by atoms with Crippen LogP contribution in [0.15, 0.2) is 36.8 Å². The highest BCUT2D eigenvalue weighted by Gasteiger charge is 2.26. The quantitative estimate of drug-likeness (QED) is 0.816. The van der Waals surface area contributed by atoms with Gasteiger partial charge in [-0.15, -0.1) is 0 Å². The van der Waals surface area contributed by atoms with Gasteiger partial charge in [0, 0.05) is 17.8 Å². The van der Waals surface area contributed by atoms with Crippen LogP contribution in [-0.2, 0) is 0 Å². The predicted molar refractivity (Wildman–Crippen MR) is 98.4 cm³/mol. The Morgan fingerprint density at radius 3 is 2.56 bits per heavy atom. The Morgan fingerprint density at radius 1 is 1.28 bits per heavy atom. The molecule has 0 bridgehead atoms. The second-order valence-electron chi connectivity index (χ2n) is 6.61. The first-order chi connectivity index (χ1) is 12.1. The summed E-state index contributed by atoms with van der Waals surface area (Å²) in [7, 11) is 3.64. The summed E-state index contributed by atoms with van der Waals surface area (Å²) in [5, 5.41) is 10.7. The van der Waals surface area contributed by atoms with E-state index in [1.165, 1.54) is 0 Å². The van der Waals surface area contributed by atoms with Gasteiger partial charge in [-0.3, -0.25) is 9.47 Å². The van der Waals surface area contributed by atoms with Crippen molar-refractivity contribution in [2.24, 2.45) is 0 Å². The van der Waals surface area contributed by atoms with Gasteiger partial charge < -0.3 is 14.7 Å². The summed E-state index contributed by atoms with van der Waals surface area (Å²) in [6.07, 6.45) is 5.06. The van der Waals surface area contributed by atoms with E-state index in [0.29, 0.717) is 6.04 Å². The van der Waals surface area contributed by atoms with Crippen molar-refractivity contribution in [1.29, 1.82) is 0 Å². The zero-order valence-electron chi connectivity index (χ0n) is 15.3. The zero-order chi connectivity index (χ0) is 17.8. The fraction of sp³-hybridized carbons (Fsp3) is 0.526. The molecule has 6 heteroatoms. The molecule has 1 unspecified atom stereocenters. The van der Waals surface area contributed by atoms with Crippen LogP contribution < -0.4 is 4.74 Å². The molecule has 1 N–H and O–H groups in total. The first-order valence-corrected chi connectivity index (χ1v) is 8.92. The molecule has 136 valence electrons. The summed E-state index contributed by atoms with van der Waals surface area (Å²) in [5.74, 6) is 0.821. The topological polar surface area (TPSA) is 53.8 Å². The molecule has 1 aromatic carbocycles. The summed E-state index contributed by atoms with van der Waals surface area (Å²) in [5.41, 5.74) is 1.85. The first-order valence-electron chi connectivity index (χ1n) is 8.92. The second-order valence-corrected chi connectivity index (χ2v) is 6.61. The maximum atomic E-state index is 10.7. The van der Waals surface area contributed by atoms with Gasteiger partial charge in [-0.1, -0.05) is 6.92 Å². The Labute approximate surface area is 149 Å². The van der Waals surface area contributed by atoms with Crippen LogP contribution in [0.1, 0.15) is 26.1 Å². The molecule has 0 spiro atoms. The number of aliphatic hydroxyl groups excluding tert-OH is 1. The number of methoxy groups -OCH3 is 1. The lowest BCUT2D eigenvalue weighted by atomic mass is 10.0. The third-order valence-electron chi connectivity index (χ3n) is 5.20. The molecular weight excluding hydrogens is 316 g/mol. The third kappa shape index (κ3) is 4.03. The molecule has 2 aromatic rings. The van der Waals surface area contributed by atoms with Crippen molar-refractivity contribution in [3.05, 3.63) is 36.8 Å². The summed E-state index contributed by atoms with van der Waals surface area (Å²) in [6.45, 7) is 5.50. The van der Waals surface area contributed by atoms with Gasteiger partial charge in [-0.05, 0) is 63.8 Å². The van der Waals surface area contributed by atoms with E-state index in [-0.39, 0.29) is 0 Å². The highest BCUT2D eigenvalue weighted by atomic mass is 16.5. The van der Waals surface area contributed by atoms with Crippen molar-refractivity contribution in [3.8, 4) is 17.0 Å². The molecule has 1 aliphatic rings. The molecule has 1 atom stereocenters. The van der Waals surface area contributed by atoms with Crippen molar-refractivity contribution in [2.75, 3.05) is 33.8 Å². The van der Waals surface area contributed by atoms with Crippen LogP contribution in [0.3, 0.4) is 0 Å². The lowest BCUT2D eigenvalue weighted by molar-refractivity contribution is -0.0738. The summed E-state index contributed by atoms with van der Waals surface area (Å²) in [6, 6.07) is 8.17. The van der Waals surface area contributed by atoms with Gasteiger partial charge in [0.2, 0.25) is 0 Å². The van der Waals surface area contributed by atoms with Crippen LogP contribution in [0.2, 0.25) is 0 Å². The normalized spacial score (nSPS) is 17.8. The molecule has 0 aliphatic carbocycles. The molecule has 0 radical (unpaired) electrons. The molecule has 1 aromatic heterocycles. The highest BCUT2D eigenvalue weighted by molar-refractivity contribution is 5.59. The number of likely N-dealkylation sites (tertiary alicyclic amines) is 1. The predicted octanol–water partition coefficient (Wildman–Crippen LogP) is 2.42. The van der Waals surface area contributed by atoms with E-state index in [9.17, 15) is 5.11 Å². The number of ether oxygens (including phenoxy) is 1. The van der Waals surface area contributed by atoms with E-state index in [4.69, 9.17) is 4.74 Å². The lowest BCUT2D eigenvalue weighted by Crippen LogP contribution is -2.45. The van der Waals surface area contributed by atoms with E-state index in [0.717, 1.165) is 49.5 Å². The fourth-order valence-corrected chi connectivity index (χ4v) is 3.42. The summed E-state index contributed by atoms with van der Waals surface area (Å²) < 4.78 is 6.96. The van der Waals surface area contributed by atoms with Gasteiger partial charge in [0.15, 0.2) is 6.35 Å². The van der Waals surface area contributed by atoms with Crippen LogP contribution in [-0.4, -0.2) is 64.3 Å². The Morgan fingerprint density at radius 2 is 1.96 bits per heavy atom. The number of benzene rings is 1. The van der Waals surface area contributed by atoms with Crippen molar-refractivity contribution in [1.82, 2.24) is 19.4 Å². The van der Waals surface area contributed by atoms with E-state index in [1.807, 2.05) is 42.4 Å². The minimum Gasteiger partial charge on any atom is -0.497 e. The summed E-state index contributed by atoms with van der Waals surface area (Å²) in [4.78, 5) is 8.95. The maximum Gasteiger partial charge on any atom is 0.191 e. The first kappa shape index (κ1) is 17.9. The van der Waals surface area contributed by atoms with E-state index < -0.39 is 6.35 Å². The van der Waals surface area contributed by atoms with E-state index in [2.05, 4.69) is 16.8 Å². The molecule has 0 saturated carbocycles. The van der Waals surface area contributed by atoms with Crippen molar-refractivity contribution >= 4 is 0 Å². The number of imidazole rings is 1. The largest absolute Gasteiger partial charge is 0.497 e. The molecule has 0 amide bonds. The number of aromatic nitrogens is 2. The second kappa shape index (κ2) is 7.99. The molecule has 2 heterocycles. The van der Waals surface area contributed by atoms with Crippen LogP contribution in [0.5, 0.6) is 5.75 Å². The molecule has 1 aliphatic heterocycles. The molecule has 1 fully saturated rings. The SMILES string of the molecule is CCN1CCC(N(C)C(O)n2cnc(-c3ccc(OC)cc3)c2)CC1. The van der Waals surface area contributed by atoms with Crippen LogP contribution >= 0.6 is 0 Å². The standard InChI is InChI=1S/C19H28N4O2/c1-4-22-11-9-16(10-12-22)21(2)19(24)23-13-18(20-14-23)15-5-7-17(25-3)8-6-15/h5-8,13-14,16,19,24H,4,9-12H2,1-3H3. The Hall–Kier alpha value is -1.89. The number of nitrogens with zero attached hydrogens (tertiary/aromatic N) is 4. The van der Waals surface area contributed by atoms with Gasteiger partial charge in [0.05, 0.1) is 19.1 Å². The van der Waals surface area contributed by atoms with E-state index >= 15 is 0 Å². The monoisotopic (exact) mass is 344 g/mol. The van der Waals surface area contributed by atoms with Gasteiger partial charge in [0.1, 0.15) is 5.75 Å². The number of piperidine rings is 1. The molecule has 1 saturated heterocycles. The highest BCUT2D eigenvalue weighted by Crippen LogP contribution is 2.24. The number of hydrogen-bond acceptors (Lipinski definition) is 5. The Balaban J connectivity index is 1.66. The Bertz CT molecular complexity index is 662. The van der Waals surface area contributed by atoms with Gasteiger partial charge in [-0.25, -0.2) is 4.98 Å². The number of hydrogen-bond donors (Lipinski definition) is 1. The third-order valence-corrected chi connectivity index (χ3v) is 5.20. The van der Waals surface area contributed by atoms with Crippen molar-refractivity contribution in [3.63, 3.8) is 0 Å². The smallest absolute Gasteiger partial charge is 0.191 e. The minimum atomic E-state index is -0.697. The average molecular weight is 344 g/mol. The Kier molecular flexibility index (Phi) is 5.73. The number of aliphatic hydroxyl groups is 1. The fourth-order valence-electron chi connectivity index (χ4n) is 3.42. The van der Waals surface area contributed by atoms with Crippen molar-refractivity contribution in [2.45, 2.75) is 32.2 Å². The van der Waals surface area contributed by atoms with Crippen LogP contribution in [0, 0.1) is 0 Å². The van der Waals surface area contributed by atoms with Crippen molar-refractivity contribution < 1.29 is 9.84 Å². The lowest BCUT2D eigenvalue weighted by Gasteiger charge is -2.38. The number of rotatable bonds is 6. The minimum absolute atomic E-state index is 0.393. The van der Waals surface area contributed by atoms with Gasteiger partial charge in [-0.2, -0.15) is 0 Å². The summed E-state index contributed by atoms with van der Waals surface area (Å²) >= 11 is 0. The molecule has 6 nitrogen and oxygen atoms in total. The maximum absolute atomic E-state index is 10.7. The van der Waals surface area contributed by atoms with Crippen LogP contribution in [0.4, 0.5) is 0 Å². The van der Waals surface area contributed by atoms with E-state index in [1.54, 1.807) is 18.0 Å². The van der Waals surface area contributed by atoms with Gasteiger partial charge >= 0.3 is 0 Å². The zero-order valence-corrected chi connectivity index (χ0v) is 15.3. The molecule has 3 rings (SSSR count). The molecular formula is C19H28N4O2. The molecule has 25 heavy (non-hydrogen) atoms. The average Bonchev–Trinajstić information content (AvgIpc) is 3.17. The van der Waals surface area contributed by atoms with Gasteiger partial charge in [0.25, 0.3) is 0 Å². The van der Waals surface area contributed by atoms with Crippen LogP contribution in [0.25, 0.3) is 11.3 Å².